The number of aliphatic hydroxyl groups excluding tert-OH is 2. The third-order valence-electron chi connectivity index (χ3n) is 4.86. The van der Waals surface area contributed by atoms with Gasteiger partial charge >= 0.3 is 6.61 Å². The molecule has 2 aromatic rings. The highest BCUT2D eigenvalue weighted by molar-refractivity contribution is 5.95. The summed E-state index contributed by atoms with van der Waals surface area (Å²) in [5.74, 6) is -0.332. The summed E-state index contributed by atoms with van der Waals surface area (Å²) >= 11 is 0. The van der Waals surface area contributed by atoms with Crippen LogP contribution < -0.4 is 4.74 Å². The Labute approximate surface area is 155 Å². The average Bonchev–Trinajstić information content (AvgIpc) is 3.11. The number of ether oxygens (including phenoxy) is 1. The molecule has 0 unspecified atom stereocenters. The molecule has 3 rings (SSSR count). The van der Waals surface area contributed by atoms with E-state index in [1.807, 2.05) is 6.07 Å². The number of benzene rings is 2. The number of nitrogens with zero attached hydrogens (tertiary/aromatic N) is 1. The van der Waals surface area contributed by atoms with Crippen LogP contribution in [0.5, 0.6) is 5.75 Å². The van der Waals surface area contributed by atoms with Gasteiger partial charge in [0.15, 0.2) is 0 Å². The quantitative estimate of drug-likeness (QED) is 0.812. The van der Waals surface area contributed by atoms with Crippen molar-refractivity contribution in [1.82, 2.24) is 4.90 Å². The topological polar surface area (TPSA) is 70.0 Å². The fraction of sp³-hybridized carbons (Fsp3) is 0.350. The molecule has 0 spiro atoms. The monoisotopic (exact) mass is 377 g/mol. The van der Waals surface area contributed by atoms with E-state index < -0.39 is 6.61 Å². The van der Waals surface area contributed by atoms with Crippen molar-refractivity contribution in [1.29, 1.82) is 0 Å². The van der Waals surface area contributed by atoms with Crippen LogP contribution in [0.25, 0.3) is 11.1 Å². The van der Waals surface area contributed by atoms with E-state index in [0.29, 0.717) is 18.7 Å². The molecule has 2 N–H and O–H groups in total. The molecule has 1 aliphatic heterocycles. The van der Waals surface area contributed by atoms with Crippen LogP contribution in [0.3, 0.4) is 0 Å². The second-order valence-corrected chi connectivity index (χ2v) is 6.58. The van der Waals surface area contributed by atoms with Crippen molar-refractivity contribution in [2.45, 2.75) is 6.61 Å². The van der Waals surface area contributed by atoms with Gasteiger partial charge in [-0.15, -0.1) is 0 Å². The Morgan fingerprint density at radius 2 is 1.67 bits per heavy atom. The summed E-state index contributed by atoms with van der Waals surface area (Å²) in [5, 5.41) is 18.8. The molecule has 0 aromatic heterocycles. The van der Waals surface area contributed by atoms with Gasteiger partial charge in [-0.25, -0.2) is 0 Å². The first-order valence-corrected chi connectivity index (χ1v) is 8.68. The number of alkyl halides is 2. The van der Waals surface area contributed by atoms with Crippen molar-refractivity contribution < 1.29 is 28.5 Å². The molecule has 0 aliphatic carbocycles. The zero-order chi connectivity index (χ0) is 19.4. The molecule has 1 amide bonds. The zero-order valence-corrected chi connectivity index (χ0v) is 14.6. The largest absolute Gasteiger partial charge is 0.435 e. The maximum Gasteiger partial charge on any atom is 0.387 e. The molecular formula is C20H21F2NO4. The summed E-state index contributed by atoms with van der Waals surface area (Å²) in [6.07, 6.45) is 0. The first-order valence-electron chi connectivity index (χ1n) is 8.68. The van der Waals surface area contributed by atoms with Crippen LogP contribution in [0.1, 0.15) is 10.4 Å². The lowest BCUT2D eigenvalue weighted by atomic mass is 9.98. The van der Waals surface area contributed by atoms with Gasteiger partial charge < -0.3 is 19.8 Å². The number of carbonyl (C=O) groups excluding carboxylic acids is 1. The Morgan fingerprint density at radius 1 is 1.04 bits per heavy atom. The van der Waals surface area contributed by atoms with Gasteiger partial charge in [0.2, 0.25) is 0 Å². The molecule has 2 atom stereocenters. The summed E-state index contributed by atoms with van der Waals surface area (Å²) < 4.78 is 28.8. The number of rotatable bonds is 6. The number of hydrogen-bond donors (Lipinski definition) is 2. The van der Waals surface area contributed by atoms with Gasteiger partial charge in [-0.1, -0.05) is 24.3 Å². The second kappa shape index (κ2) is 8.45. The highest BCUT2D eigenvalue weighted by Crippen LogP contribution is 2.27. The molecule has 1 heterocycles. The van der Waals surface area contributed by atoms with E-state index in [0.717, 1.165) is 11.1 Å². The van der Waals surface area contributed by atoms with E-state index in [4.69, 9.17) is 0 Å². The Hall–Kier alpha value is -2.51. The first-order chi connectivity index (χ1) is 13.0. The van der Waals surface area contributed by atoms with Crippen LogP contribution in [0, 0.1) is 11.8 Å². The fourth-order valence-corrected chi connectivity index (χ4v) is 3.36. The zero-order valence-electron chi connectivity index (χ0n) is 14.6. The third kappa shape index (κ3) is 4.43. The van der Waals surface area contributed by atoms with Crippen molar-refractivity contribution in [3.8, 4) is 16.9 Å². The number of amides is 1. The predicted octanol–water partition coefficient (Wildman–Crippen LogP) is 2.63. The smallest absolute Gasteiger partial charge is 0.387 e. The maximum atomic E-state index is 12.8. The summed E-state index contributed by atoms with van der Waals surface area (Å²) in [5.41, 5.74) is 2.05. The summed E-state index contributed by atoms with van der Waals surface area (Å²) in [6.45, 7) is -2.19. The molecule has 27 heavy (non-hydrogen) atoms. The van der Waals surface area contributed by atoms with Gasteiger partial charge in [0.1, 0.15) is 5.75 Å². The lowest BCUT2D eigenvalue weighted by molar-refractivity contribution is -0.0498. The van der Waals surface area contributed by atoms with Crippen molar-refractivity contribution in [2.24, 2.45) is 11.8 Å². The minimum atomic E-state index is -2.87. The number of likely N-dealkylation sites (tertiary alicyclic amines) is 1. The van der Waals surface area contributed by atoms with E-state index in [9.17, 15) is 23.8 Å². The molecule has 0 radical (unpaired) electrons. The lowest BCUT2D eigenvalue weighted by Gasteiger charge is -2.17. The lowest BCUT2D eigenvalue weighted by Crippen LogP contribution is -2.29. The van der Waals surface area contributed by atoms with Gasteiger partial charge in [0, 0.05) is 43.7 Å². The summed E-state index contributed by atoms with van der Waals surface area (Å²) in [7, 11) is 0. The van der Waals surface area contributed by atoms with Crippen LogP contribution in [-0.4, -0.2) is 53.9 Å². The Bertz CT molecular complexity index is 770. The molecule has 2 aromatic carbocycles. The second-order valence-electron chi connectivity index (χ2n) is 6.58. The van der Waals surface area contributed by atoms with Crippen molar-refractivity contribution in [3.63, 3.8) is 0 Å². The van der Waals surface area contributed by atoms with Gasteiger partial charge in [-0.05, 0) is 35.4 Å². The van der Waals surface area contributed by atoms with E-state index in [2.05, 4.69) is 4.74 Å². The molecule has 1 aliphatic rings. The molecule has 1 saturated heterocycles. The van der Waals surface area contributed by atoms with Crippen LogP contribution in [0.4, 0.5) is 8.78 Å². The summed E-state index contributed by atoms with van der Waals surface area (Å²) in [4.78, 5) is 14.4. The Kier molecular flexibility index (Phi) is 6.03. The highest BCUT2D eigenvalue weighted by Gasteiger charge is 2.34. The molecule has 7 heteroatoms. The fourth-order valence-electron chi connectivity index (χ4n) is 3.36. The Balaban J connectivity index is 1.76. The minimum Gasteiger partial charge on any atom is -0.435 e. The van der Waals surface area contributed by atoms with Crippen molar-refractivity contribution >= 4 is 5.91 Å². The minimum absolute atomic E-state index is 0.0674. The number of halogens is 2. The Morgan fingerprint density at radius 3 is 2.22 bits per heavy atom. The van der Waals surface area contributed by atoms with Crippen LogP contribution in [0.2, 0.25) is 0 Å². The standard InChI is InChI=1S/C20H21F2NO4/c21-20(22)27-18-6-4-13(5-7-18)14-2-1-3-15(8-14)19(26)23-9-16(11-24)17(10-23)12-25/h1-8,16-17,20,24-25H,9-12H2/t16-,17-/m0/s1. The SMILES string of the molecule is O=C(c1cccc(-c2ccc(OC(F)F)cc2)c1)N1C[C@@H](CO)[C@H](CO)C1. The molecular weight excluding hydrogens is 356 g/mol. The summed E-state index contributed by atoms with van der Waals surface area (Å²) in [6, 6.07) is 13.3. The number of carbonyl (C=O) groups is 1. The molecule has 0 saturated carbocycles. The van der Waals surface area contributed by atoms with Crippen LogP contribution >= 0.6 is 0 Å². The van der Waals surface area contributed by atoms with Crippen LogP contribution in [0.15, 0.2) is 48.5 Å². The predicted molar refractivity (Wildman–Crippen MR) is 95.6 cm³/mol. The number of aliphatic hydroxyl groups is 2. The molecule has 1 fully saturated rings. The van der Waals surface area contributed by atoms with Gasteiger partial charge in [-0.3, -0.25) is 4.79 Å². The normalized spacial score (nSPS) is 19.5. The van der Waals surface area contributed by atoms with E-state index >= 15 is 0 Å². The van der Waals surface area contributed by atoms with E-state index in [-0.39, 0.29) is 36.7 Å². The molecule has 0 bridgehead atoms. The average molecular weight is 377 g/mol. The van der Waals surface area contributed by atoms with Crippen LogP contribution in [-0.2, 0) is 0 Å². The number of hydrogen-bond acceptors (Lipinski definition) is 4. The third-order valence-corrected chi connectivity index (χ3v) is 4.86. The van der Waals surface area contributed by atoms with Gasteiger partial charge in [0.25, 0.3) is 5.91 Å². The van der Waals surface area contributed by atoms with E-state index in [1.165, 1.54) is 12.1 Å². The van der Waals surface area contributed by atoms with Crippen molar-refractivity contribution in [2.75, 3.05) is 26.3 Å². The van der Waals surface area contributed by atoms with Crippen molar-refractivity contribution in [3.05, 3.63) is 54.1 Å². The van der Waals surface area contributed by atoms with E-state index in [1.54, 1.807) is 35.2 Å². The molecule has 5 nitrogen and oxygen atoms in total. The highest BCUT2D eigenvalue weighted by atomic mass is 19.3. The van der Waals surface area contributed by atoms with Gasteiger partial charge in [-0.2, -0.15) is 8.78 Å². The molecule has 144 valence electrons. The first kappa shape index (κ1) is 19.3. The maximum absolute atomic E-state index is 12.8. The van der Waals surface area contributed by atoms with Gasteiger partial charge in [0.05, 0.1) is 0 Å².